The Labute approximate surface area is 133 Å². The predicted octanol–water partition coefficient (Wildman–Crippen LogP) is 3.63. The Morgan fingerprint density at radius 2 is 1.86 bits per heavy atom. The van der Waals surface area contributed by atoms with E-state index in [-0.39, 0.29) is 10.8 Å². The van der Waals surface area contributed by atoms with Gasteiger partial charge >= 0.3 is 0 Å². The lowest BCUT2D eigenvalue weighted by Crippen LogP contribution is -2.44. The SMILES string of the molecule is CC(C)Cn1cnc([C@H](C(C)C)N(C)[S@@+]([O-])C(C)(C)C)c1. The molecular formula is C16H31N3OS. The molecule has 5 heteroatoms. The van der Waals surface area contributed by atoms with Gasteiger partial charge in [0.2, 0.25) is 0 Å². The standard InChI is InChI=1S/C16H31N3OS/c1-12(2)9-19-10-14(17-11-19)15(13(3)4)18(8)21(20)16(5,6)7/h10-13,15H,9H2,1-8H3/t15-,21-/m0/s1. The maximum Gasteiger partial charge on any atom is 0.137 e. The highest BCUT2D eigenvalue weighted by molar-refractivity contribution is 7.90. The van der Waals surface area contributed by atoms with Crippen molar-refractivity contribution in [2.24, 2.45) is 11.8 Å². The van der Waals surface area contributed by atoms with Crippen molar-refractivity contribution < 1.29 is 4.55 Å². The molecule has 0 spiro atoms. The zero-order valence-corrected chi connectivity index (χ0v) is 15.6. The van der Waals surface area contributed by atoms with Crippen molar-refractivity contribution in [1.29, 1.82) is 0 Å². The molecule has 4 nitrogen and oxygen atoms in total. The van der Waals surface area contributed by atoms with Crippen molar-refractivity contribution in [3.05, 3.63) is 18.2 Å². The van der Waals surface area contributed by atoms with Gasteiger partial charge in [0, 0.05) is 31.2 Å². The maximum absolute atomic E-state index is 12.7. The molecule has 0 aromatic carbocycles. The molecule has 0 unspecified atom stereocenters. The molecule has 0 N–H and O–H groups in total. The molecule has 122 valence electrons. The summed E-state index contributed by atoms with van der Waals surface area (Å²) < 4.78 is 16.5. The minimum absolute atomic E-state index is 0.0680. The number of hydrogen-bond donors (Lipinski definition) is 0. The van der Waals surface area contributed by atoms with Gasteiger partial charge in [-0.15, -0.1) is 4.31 Å². The van der Waals surface area contributed by atoms with Crippen LogP contribution in [0.4, 0.5) is 0 Å². The van der Waals surface area contributed by atoms with Crippen LogP contribution in [0.2, 0.25) is 0 Å². The fraction of sp³-hybridized carbons (Fsp3) is 0.812. The fourth-order valence-corrected chi connectivity index (χ4v) is 3.96. The fourth-order valence-electron chi connectivity index (χ4n) is 2.53. The molecule has 0 amide bonds. The van der Waals surface area contributed by atoms with E-state index in [2.05, 4.69) is 43.4 Å². The van der Waals surface area contributed by atoms with E-state index in [9.17, 15) is 4.55 Å². The summed E-state index contributed by atoms with van der Waals surface area (Å²) in [7, 11) is 1.94. The van der Waals surface area contributed by atoms with Crippen molar-refractivity contribution in [2.45, 2.75) is 65.8 Å². The van der Waals surface area contributed by atoms with Crippen molar-refractivity contribution >= 4 is 11.4 Å². The number of hydrogen-bond acceptors (Lipinski definition) is 3. The maximum atomic E-state index is 12.7. The molecule has 0 saturated heterocycles. The van der Waals surface area contributed by atoms with Gasteiger partial charge in [-0.1, -0.05) is 27.7 Å². The molecule has 1 rings (SSSR count). The first-order valence-corrected chi connectivity index (χ1v) is 8.81. The highest BCUT2D eigenvalue weighted by Crippen LogP contribution is 2.32. The molecule has 2 atom stereocenters. The largest absolute Gasteiger partial charge is 0.597 e. The first kappa shape index (κ1) is 18.5. The highest BCUT2D eigenvalue weighted by Gasteiger charge is 2.37. The summed E-state index contributed by atoms with van der Waals surface area (Å²) >= 11 is -1.05. The Balaban J connectivity index is 2.99. The van der Waals surface area contributed by atoms with E-state index in [1.54, 1.807) is 0 Å². The van der Waals surface area contributed by atoms with Crippen molar-refractivity contribution in [1.82, 2.24) is 13.9 Å². The molecule has 1 aromatic rings. The monoisotopic (exact) mass is 313 g/mol. The second kappa shape index (κ2) is 7.16. The summed E-state index contributed by atoms with van der Waals surface area (Å²) in [6.07, 6.45) is 3.99. The third-order valence-corrected chi connectivity index (χ3v) is 5.14. The van der Waals surface area contributed by atoms with E-state index in [0.29, 0.717) is 11.8 Å². The predicted molar refractivity (Wildman–Crippen MR) is 90.3 cm³/mol. The van der Waals surface area contributed by atoms with Crippen molar-refractivity contribution in [3.8, 4) is 0 Å². The lowest BCUT2D eigenvalue weighted by molar-refractivity contribution is 0.288. The van der Waals surface area contributed by atoms with Crippen LogP contribution in [-0.4, -0.2) is 30.2 Å². The van der Waals surface area contributed by atoms with E-state index in [1.165, 1.54) is 0 Å². The normalized spacial score (nSPS) is 16.0. The van der Waals surface area contributed by atoms with Crippen LogP contribution in [0.25, 0.3) is 0 Å². The van der Waals surface area contributed by atoms with Crippen LogP contribution in [0.5, 0.6) is 0 Å². The molecule has 1 aromatic heterocycles. The van der Waals surface area contributed by atoms with E-state index in [4.69, 9.17) is 0 Å². The number of aromatic nitrogens is 2. The number of nitrogens with zero attached hydrogens (tertiary/aromatic N) is 3. The second-order valence-corrected chi connectivity index (χ2v) is 9.78. The van der Waals surface area contributed by atoms with E-state index < -0.39 is 11.4 Å². The van der Waals surface area contributed by atoms with Gasteiger partial charge in [-0.05, 0) is 32.6 Å². The van der Waals surface area contributed by atoms with Gasteiger partial charge in [0.15, 0.2) is 0 Å². The molecule has 0 aliphatic carbocycles. The molecule has 0 saturated carbocycles. The van der Waals surface area contributed by atoms with Gasteiger partial charge in [0.1, 0.15) is 10.8 Å². The summed E-state index contributed by atoms with van der Waals surface area (Å²) in [5.74, 6) is 0.940. The Kier molecular flexibility index (Phi) is 6.32. The van der Waals surface area contributed by atoms with Crippen molar-refractivity contribution in [2.75, 3.05) is 7.05 Å². The first-order valence-electron chi connectivity index (χ1n) is 7.70. The molecule has 0 aliphatic heterocycles. The summed E-state index contributed by atoms with van der Waals surface area (Å²) in [5.41, 5.74) is 1.01. The van der Waals surface area contributed by atoms with Gasteiger partial charge in [-0.25, -0.2) is 4.98 Å². The Bertz CT molecular complexity index is 437. The third-order valence-electron chi connectivity index (χ3n) is 3.34. The molecule has 0 aliphatic rings. The Morgan fingerprint density at radius 1 is 1.29 bits per heavy atom. The summed E-state index contributed by atoms with van der Waals surface area (Å²) in [6, 6.07) is 0.0680. The smallest absolute Gasteiger partial charge is 0.137 e. The molecular weight excluding hydrogens is 282 g/mol. The van der Waals surface area contributed by atoms with Gasteiger partial charge in [-0.3, -0.25) is 0 Å². The van der Waals surface area contributed by atoms with Gasteiger partial charge in [-0.2, -0.15) is 0 Å². The van der Waals surface area contributed by atoms with E-state index in [0.717, 1.165) is 12.2 Å². The van der Waals surface area contributed by atoms with E-state index in [1.807, 2.05) is 38.5 Å². The van der Waals surface area contributed by atoms with Crippen LogP contribution in [0.3, 0.4) is 0 Å². The zero-order chi connectivity index (χ0) is 16.4. The number of rotatable bonds is 6. The lowest BCUT2D eigenvalue weighted by atomic mass is 10.0. The second-order valence-electron chi connectivity index (χ2n) is 7.49. The van der Waals surface area contributed by atoms with Gasteiger partial charge < -0.3 is 9.12 Å². The van der Waals surface area contributed by atoms with Crippen LogP contribution in [-0.2, 0) is 17.9 Å². The highest BCUT2D eigenvalue weighted by atomic mass is 32.2. The van der Waals surface area contributed by atoms with Crippen LogP contribution in [0.1, 0.15) is 60.2 Å². The molecule has 0 fully saturated rings. The molecule has 1 heterocycles. The van der Waals surface area contributed by atoms with Crippen LogP contribution < -0.4 is 0 Å². The quantitative estimate of drug-likeness (QED) is 0.753. The van der Waals surface area contributed by atoms with Gasteiger partial charge in [0.25, 0.3) is 0 Å². The van der Waals surface area contributed by atoms with Crippen molar-refractivity contribution in [3.63, 3.8) is 0 Å². The van der Waals surface area contributed by atoms with Crippen LogP contribution in [0.15, 0.2) is 12.5 Å². The minimum Gasteiger partial charge on any atom is -0.597 e. The Morgan fingerprint density at radius 3 is 2.29 bits per heavy atom. The lowest BCUT2D eigenvalue weighted by Gasteiger charge is -2.36. The summed E-state index contributed by atoms with van der Waals surface area (Å²) in [6.45, 7) is 15.7. The molecule has 0 bridgehead atoms. The third kappa shape index (κ3) is 5.01. The van der Waals surface area contributed by atoms with Crippen LogP contribution >= 0.6 is 0 Å². The zero-order valence-electron chi connectivity index (χ0n) is 14.8. The van der Waals surface area contributed by atoms with Crippen LogP contribution in [0, 0.1) is 11.8 Å². The van der Waals surface area contributed by atoms with E-state index >= 15 is 0 Å². The summed E-state index contributed by atoms with van der Waals surface area (Å²) in [5, 5.41) is 0. The average Bonchev–Trinajstić information content (AvgIpc) is 2.73. The number of imidazole rings is 1. The Hall–Kier alpha value is -0.520. The summed E-state index contributed by atoms with van der Waals surface area (Å²) in [4.78, 5) is 4.56. The molecule has 21 heavy (non-hydrogen) atoms. The topological polar surface area (TPSA) is 44.1 Å². The molecule has 0 radical (unpaired) electrons. The minimum atomic E-state index is -1.05. The van der Waals surface area contributed by atoms with Gasteiger partial charge in [0.05, 0.1) is 12.0 Å². The average molecular weight is 314 g/mol. The first-order chi connectivity index (χ1) is 9.54.